The van der Waals surface area contributed by atoms with Crippen LogP contribution in [0.1, 0.15) is 38.5 Å². The zero-order valence-electron chi connectivity index (χ0n) is 26.9. The van der Waals surface area contributed by atoms with Gasteiger partial charge in [0.2, 0.25) is 0 Å². The SMILES string of the molecule is O.O.O.O.O.O.O=S(=O)(O)C1C=CC[N-]C1.O=S(=O)(O)C1CCC[N-]C1.O=S(=O)(O)C1CCC[N-]C1.O=S(=O)(O)C1CCC[N-]C1.[Cu+2].[Cu+2].[Cu+].[Cu].[Cu].[NH2-]. The molecule has 4 rings (SSSR count). The van der Waals surface area contributed by atoms with Crippen LogP contribution in [0, 0.1) is 0 Å². The summed E-state index contributed by atoms with van der Waals surface area (Å²) in [4.78, 5) is 0. The maximum absolute atomic E-state index is 10.5. The van der Waals surface area contributed by atoms with E-state index >= 15 is 0 Å². The Kier molecular flexibility index (Phi) is 69.4. The molecule has 18 N–H and O–H groups in total. The fourth-order valence-corrected chi connectivity index (χ4v) is 6.62. The van der Waals surface area contributed by atoms with Crippen LogP contribution in [0.4, 0.5) is 0 Å². The molecule has 4 aliphatic rings. The standard InChI is InChI=1S/3C5H10NO3S.C5H8NO3S.5Cu.H2N.6H2O/c4*7-10(8,9)5-2-1-3-6-4-5;;;;;;;;;;;;/h3*5H,1-4H2,(H,7,8,9);1-2,5H,3-4H2,(H,7,8,9);;;;;;7*1H2/q4*-1;;;+1;2*+2;-1;;;;;;. The number of nitrogens with zero attached hydrogens (tertiary/aromatic N) is 4. The van der Waals surface area contributed by atoms with E-state index in [2.05, 4.69) is 21.3 Å². The van der Waals surface area contributed by atoms with Gasteiger partial charge in [0.1, 0.15) is 0 Å². The summed E-state index contributed by atoms with van der Waals surface area (Å²) in [5.74, 6) is 0. The second-order valence-electron chi connectivity index (χ2n) is 9.30. The Morgan fingerprint density at radius 3 is 0.865 bits per heavy atom. The zero-order chi connectivity index (χ0) is 30.5. The van der Waals surface area contributed by atoms with Gasteiger partial charge in [0, 0.05) is 34.1 Å². The zero-order valence-corrected chi connectivity index (χ0v) is 34.9. The first-order valence-corrected chi connectivity index (χ1v) is 18.5. The molecular weight excluding hydrogens is 1040 g/mol. The van der Waals surface area contributed by atoms with Crippen LogP contribution in [0.15, 0.2) is 12.2 Å². The molecule has 0 saturated carbocycles. The van der Waals surface area contributed by atoms with Crippen molar-refractivity contribution in [2.75, 3.05) is 52.4 Å². The fraction of sp³-hybridized carbons (Fsp3) is 0.900. The molecule has 4 heterocycles. The third kappa shape index (κ3) is 39.8. The van der Waals surface area contributed by atoms with Gasteiger partial charge in [-0.15, -0.1) is 58.4 Å². The molecule has 52 heavy (non-hydrogen) atoms. The Morgan fingerprint density at radius 1 is 0.481 bits per heavy atom. The van der Waals surface area contributed by atoms with Crippen molar-refractivity contribution in [1.29, 1.82) is 0 Å². The van der Waals surface area contributed by atoms with Crippen LogP contribution in [0.3, 0.4) is 0 Å². The van der Waals surface area contributed by atoms with Gasteiger partial charge in [-0.1, -0.05) is 25.3 Å². The Balaban J connectivity index is -0.0000000381. The van der Waals surface area contributed by atoms with E-state index in [0.29, 0.717) is 25.8 Å². The van der Waals surface area contributed by atoms with Crippen LogP contribution < -0.4 is 0 Å². The Hall–Kier alpha value is 1.54. The van der Waals surface area contributed by atoms with Gasteiger partial charge in [-0.2, -0.15) is 33.7 Å². The van der Waals surface area contributed by atoms with Crippen LogP contribution in [0.25, 0.3) is 27.4 Å². The first kappa shape index (κ1) is 85.6. The quantitative estimate of drug-likeness (QED) is 0.126. The van der Waals surface area contributed by atoms with Crippen LogP contribution in [0.2, 0.25) is 0 Å². The van der Waals surface area contributed by atoms with Crippen molar-refractivity contribution >= 4 is 40.5 Å². The number of nitrogens with two attached hydrogens (primary N) is 1. The van der Waals surface area contributed by atoms with Gasteiger partial charge in [0.15, 0.2) is 0 Å². The molecule has 344 valence electrons. The third-order valence-corrected chi connectivity index (χ3v) is 10.8. The maximum Gasteiger partial charge on any atom is 2.00 e. The summed E-state index contributed by atoms with van der Waals surface area (Å²) in [6, 6.07) is 0. The van der Waals surface area contributed by atoms with E-state index in [0.717, 1.165) is 38.9 Å². The van der Waals surface area contributed by atoms with Crippen LogP contribution in [-0.2, 0) is 126 Å². The molecule has 0 aromatic carbocycles. The van der Waals surface area contributed by atoms with Crippen LogP contribution in [0.5, 0.6) is 0 Å². The Labute approximate surface area is 359 Å². The molecule has 0 spiro atoms. The van der Waals surface area contributed by atoms with Crippen LogP contribution >= 0.6 is 0 Å². The summed E-state index contributed by atoms with van der Waals surface area (Å²) in [6.45, 7) is 3.70. The Bertz CT molecular complexity index is 1120. The van der Waals surface area contributed by atoms with Crippen molar-refractivity contribution in [2.45, 2.75) is 59.5 Å². The molecule has 0 aliphatic carbocycles. The number of hydrogen-bond donors (Lipinski definition) is 4. The van der Waals surface area contributed by atoms with Gasteiger partial charge in [-0.25, -0.2) is 0 Å². The predicted molar refractivity (Wildman–Crippen MR) is 178 cm³/mol. The molecule has 4 atom stereocenters. The van der Waals surface area contributed by atoms with Crippen molar-refractivity contribution in [3.63, 3.8) is 0 Å². The van der Waals surface area contributed by atoms with Gasteiger partial charge in [-0.05, 0) is 19.3 Å². The monoisotopic (exact) mass is 1090 g/mol. The second kappa shape index (κ2) is 42.2. The van der Waals surface area contributed by atoms with E-state index < -0.39 is 61.5 Å². The summed E-state index contributed by atoms with van der Waals surface area (Å²) >= 11 is 0. The third-order valence-electron chi connectivity index (χ3n) is 6.07. The second-order valence-corrected chi connectivity index (χ2v) is 16.0. The molecule has 4 aliphatic heterocycles. The predicted octanol–water partition coefficient (Wildman–Crippen LogP) is -2.83. The summed E-state index contributed by atoms with van der Waals surface area (Å²) in [5, 5.41) is 12.7. The molecule has 23 nitrogen and oxygen atoms in total. The molecule has 32 heteroatoms. The van der Waals surface area contributed by atoms with Gasteiger partial charge in [0.05, 0.1) is 21.0 Å². The maximum atomic E-state index is 10.5. The van der Waals surface area contributed by atoms with Crippen LogP contribution in [-0.4, -0.2) is 158 Å². The van der Waals surface area contributed by atoms with E-state index in [1.165, 1.54) is 6.08 Å². The minimum absolute atomic E-state index is 0. The van der Waals surface area contributed by atoms with Gasteiger partial charge in [-0.3, -0.25) is 18.2 Å². The van der Waals surface area contributed by atoms with Gasteiger partial charge in [0.25, 0.3) is 40.5 Å². The molecule has 4 unspecified atom stereocenters. The first-order valence-electron chi connectivity index (χ1n) is 12.5. The minimum Gasteiger partial charge on any atom is -0.693 e. The summed E-state index contributed by atoms with van der Waals surface area (Å²) in [7, 11) is -15.4. The molecule has 0 amide bonds. The molecule has 0 bridgehead atoms. The molecular formula is C20H52Cu5N5O18S4. The summed E-state index contributed by atoms with van der Waals surface area (Å²) in [6.07, 6.45) is 7.02. The average molecular weight is 1100 g/mol. The number of rotatable bonds is 4. The molecule has 0 aromatic rings. The molecule has 3 saturated heterocycles. The average Bonchev–Trinajstić information content (AvgIpc) is 2.90. The van der Waals surface area contributed by atoms with Gasteiger partial charge >= 0.3 is 51.2 Å². The summed E-state index contributed by atoms with van der Waals surface area (Å²) < 4.78 is 118. The first-order chi connectivity index (χ1) is 18.4. The van der Waals surface area contributed by atoms with Crippen molar-refractivity contribution in [2.24, 2.45) is 0 Å². The van der Waals surface area contributed by atoms with E-state index in [1.54, 1.807) is 6.08 Å². The van der Waals surface area contributed by atoms with Crippen molar-refractivity contribution in [1.82, 2.24) is 0 Å². The van der Waals surface area contributed by atoms with E-state index in [-0.39, 0.29) is 151 Å². The summed E-state index contributed by atoms with van der Waals surface area (Å²) in [5.41, 5.74) is 0. The van der Waals surface area contributed by atoms with Crippen molar-refractivity contribution in [3.8, 4) is 0 Å². The topological polar surface area (TPSA) is 496 Å². The molecule has 3 fully saturated rings. The van der Waals surface area contributed by atoms with Crippen molar-refractivity contribution < 1.29 is 170 Å². The Morgan fingerprint density at radius 2 is 0.750 bits per heavy atom. The molecule has 0 aromatic heterocycles. The molecule has 4 radical (unpaired) electrons. The van der Waals surface area contributed by atoms with Crippen molar-refractivity contribution in [3.05, 3.63) is 39.6 Å². The normalized spacial score (nSPS) is 21.5. The fourth-order valence-electron chi connectivity index (χ4n) is 3.74. The minimum atomic E-state index is -3.91. The largest absolute Gasteiger partial charge is 2.00 e. The number of piperidine rings is 3. The van der Waals surface area contributed by atoms with Gasteiger partial charge < -0.3 is 60.3 Å². The van der Waals surface area contributed by atoms with E-state index in [9.17, 15) is 33.7 Å². The smallest absolute Gasteiger partial charge is 0.693 e. The van der Waals surface area contributed by atoms with E-state index in [4.69, 9.17) is 18.2 Å². The number of hydrogen-bond acceptors (Lipinski definition) is 8. The van der Waals surface area contributed by atoms with E-state index in [1.807, 2.05) is 0 Å².